The van der Waals surface area contributed by atoms with E-state index in [0.29, 0.717) is 22.2 Å². The first-order chi connectivity index (χ1) is 17.3. The molecule has 2 amide bonds. The Morgan fingerprint density at radius 2 is 1.67 bits per heavy atom. The normalized spacial score (nSPS) is 12.5. The highest BCUT2D eigenvalue weighted by molar-refractivity contribution is 6.31. The summed E-state index contributed by atoms with van der Waals surface area (Å²) in [6.07, 6.45) is 1.14. The van der Waals surface area contributed by atoms with Gasteiger partial charge >= 0.3 is 0 Å². The van der Waals surface area contributed by atoms with Crippen LogP contribution in [0.1, 0.15) is 37.0 Å². The minimum absolute atomic E-state index is 0.0265. The lowest BCUT2D eigenvalue weighted by Gasteiger charge is -2.32. The molecule has 190 valence electrons. The number of aryl methyl sites for hydroxylation is 1. The van der Waals surface area contributed by atoms with Crippen LogP contribution < -0.4 is 10.1 Å². The van der Waals surface area contributed by atoms with Crippen LogP contribution in [0.15, 0.2) is 72.8 Å². The van der Waals surface area contributed by atoms with Gasteiger partial charge in [-0.1, -0.05) is 78.7 Å². The van der Waals surface area contributed by atoms with Gasteiger partial charge in [-0.05, 0) is 61.2 Å². The van der Waals surface area contributed by atoms with Gasteiger partial charge in [0, 0.05) is 29.1 Å². The van der Waals surface area contributed by atoms with Crippen molar-refractivity contribution in [2.24, 2.45) is 0 Å². The average Bonchev–Trinajstić information content (AvgIpc) is 2.88. The van der Waals surface area contributed by atoms with Crippen molar-refractivity contribution in [2.75, 3.05) is 6.61 Å². The van der Waals surface area contributed by atoms with Gasteiger partial charge in [-0.2, -0.15) is 0 Å². The maximum atomic E-state index is 13.6. The van der Waals surface area contributed by atoms with Crippen molar-refractivity contribution in [2.45, 2.75) is 52.2 Å². The van der Waals surface area contributed by atoms with Crippen LogP contribution in [0.25, 0.3) is 0 Å². The van der Waals surface area contributed by atoms with E-state index in [1.165, 1.54) is 0 Å². The zero-order valence-corrected chi connectivity index (χ0v) is 22.4. The number of rotatable bonds is 11. The number of halogens is 2. The van der Waals surface area contributed by atoms with Gasteiger partial charge < -0.3 is 15.0 Å². The van der Waals surface area contributed by atoms with Gasteiger partial charge in [-0.25, -0.2) is 0 Å². The molecular formula is C29H32Cl2N2O3. The number of benzene rings is 3. The molecule has 0 aliphatic rings. The molecule has 0 fully saturated rings. The molecule has 0 saturated carbocycles. The van der Waals surface area contributed by atoms with E-state index < -0.39 is 6.04 Å². The number of ether oxygens (including phenoxy) is 1. The highest BCUT2D eigenvalue weighted by Gasteiger charge is 2.31. The molecule has 0 unspecified atom stereocenters. The highest BCUT2D eigenvalue weighted by Crippen LogP contribution is 2.23. The molecule has 0 aliphatic heterocycles. The summed E-state index contributed by atoms with van der Waals surface area (Å²) in [7, 11) is 0. The van der Waals surface area contributed by atoms with Crippen LogP contribution in [-0.4, -0.2) is 35.4 Å². The lowest BCUT2D eigenvalue weighted by Crippen LogP contribution is -2.53. The molecule has 3 rings (SSSR count). The van der Waals surface area contributed by atoms with E-state index in [4.69, 9.17) is 27.9 Å². The maximum absolute atomic E-state index is 13.6. The number of nitrogens with zero attached hydrogens (tertiary/aromatic N) is 1. The fourth-order valence-electron chi connectivity index (χ4n) is 3.74. The third-order valence-electron chi connectivity index (χ3n) is 6.06. The fourth-order valence-corrected chi connectivity index (χ4v) is 4.05. The second-order valence-electron chi connectivity index (χ2n) is 8.84. The van der Waals surface area contributed by atoms with E-state index in [1.807, 2.05) is 69.3 Å². The Bertz CT molecular complexity index is 1170. The van der Waals surface area contributed by atoms with Crippen LogP contribution in [-0.2, 0) is 22.6 Å². The van der Waals surface area contributed by atoms with Gasteiger partial charge in [-0.15, -0.1) is 0 Å². The van der Waals surface area contributed by atoms with E-state index in [9.17, 15) is 9.59 Å². The summed E-state index contributed by atoms with van der Waals surface area (Å²) in [5.74, 6) is 0.00492. The van der Waals surface area contributed by atoms with Crippen molar-refractivity contribution >= 4 is 35.0 Å². The van der Waals surface area contributed by atoms with Crippen molar-refractivity contribution < 1.29 is 14.3 Å². The molecule has 7 heteroatoms. The van der Waals surface area contributed by atoms with Crippen LogP contribution in [0.3, 0.4) is 0 Å². The first-order valence-electron chi connectivity index (χ1n) is 12.0. The summed E-state index contributed by atoms with van der Waals surface area (Å²) in [5, 5.41) is 4.21. The molecule has 0 saturated heterocycles. The standard InChI is InChI=1S/C29H32Cl2N2O3/c1-4-21(3)32-29(35)27(17-22-10-6-5-7-11-22)33(18-23-12-8-9-13-26(23)31)28(34)19-36-24-14-15-25(30)20(2)16-24/h5-16,21,27H,4,17-19H2,1-3H3,(H,32,35)/t21-,27-/m0/s1. The highest BCUT2D eigenvalue weighted by atomic mass is 35.5. The number of carbonyl (C=O) groups excluding carboxylic acids is 2. The molecule has 3 aromatic rings. The molecule has 0 radical (unpaired) electrons. The Morgan fingerprint density at radius 1 is 0.972 bits per heavy atom. The van der Waals surface area contributed by atoms with Gasteiger partial charge in [0.05, 0.1) is 0 Å². The number of hydrogen-bond acceptors (Lipinski definition) is 3. The van der Waals surface area contributed by atoms with Gasteiger partial charge in [0.25, 0.3) is 5.91 Å². The molecule has 0 spiro atoms. The Morgan fingerprint density at radius 3 is 2.33 bits per heavy atom. The number of carbonyl (C=O) groups is 2. The van der Waals surface area contributed by atoms with Gasteiger partial charge in [0.2, 0.25) is 5.91 Å². The monoisotopic (exact) mass is 526 g/mol. The Labute approximate surface area is 223 Å². The molecule has 3 aromatic carbocycles. The minimum Gasteiger partial charge on any atom is -0.484 e. The van der Waals surface area contributed by atoms with E-state index in [-0.39, 0.29) is 31.0 Å². The average molecular weight is 527 g/mol. The van der Waals surface area contributed by atoms with Crippen LogP contribution in [0, 0.1) is 6.92 Å². The maximum Gasteiger partial charge on any atom is 0.261 e. The largest absolute Gasteiger partial charge is 0.484 e. The SMILES string of the molecule is CC[C@H](C)NC(=O)[C@H](Cc1ccccc1)N(Cc1ccccc1Cl)C(=O)COc1ccc(Cl)c(C)c1. The summed E-state index contributed by atoms with van der Waals surface area (Å²) in [5.41, 5.74) is 2.56. The number of nitrogens with one attached hydrogen (secondary N) is 1. The summed E-state index contributed by atoms with van der Waals surface area (Å²) in [4.78, 5) is 28.7. The molecule has 2 atom stereocenters. The van der Waals surface area contributed by atoms with Gasteiger partial charge in [-0.3, -0.25) is 9.59 Å². The Hall–Kier alpha value is -3.02. The first kappa shape index (κ1) is 27.6. The lowest BCUT2D eigenvalue weighted by molar-refractivity contribution is -0.143. The predicted molar refractivity (Wildman–Crippen MR) is 146 cm³/mol. The van der Waals surface area contributed by atoms with Crippen LogP contribution in [0.5, 0.6) is 5.75 Å². The number of amides is 2. The quantitative estimate of drug-likeness (QED) is 0.322. The third kappa shape index (κ3) is 7.74. The molecule has 36 heavy (non-hydrogen) atoms. The van der Waals surface area contributed by atoms with Crippen molar-refractivity contribution in [3.63, 3.8) is 0 Å². The topological polar surface area (TPSA) is 58.6 Å². The van der Waals surface area contributed by atoms with Gasteiger partial charge in [0.15, 0.2) is 6.61 Å². The van der Waals surface area contributed by atoms with E-state index in [1.54, 1.807) is 29.2 Å². The Kier molecular flexibility index (Phi) is 10.2. The molecule has 0 heterocycles. The lowest BCUT2D eigenvalue weighted by atomic mass is 10.0. The van der Waals surface area contributed by atoms with Crippen LogP contribution in [0.4, 0.5) is 0 Å². The van der Waals surface area contributed by atoms with Crippen molar-refractivity contribution in [3.05, 3.63) is 99.5 Å². The van der Waals surface area contributed by atoms with Crippen LogP contribution >= 0.6 is 23.2 Å². The van der Waals surface area contributed by atoms with E-state index in [0.717, 1.165) is 23.1 Å². The molecule has 0 bridgehead atoms. The second kappa shape index (κ2) is 13.3. The molecule has 0 aromatic heterocycles. The predicted octanol–water partition coefficient (Wildman–Crippen LogP) is 6.24. The van der Waals surface area contributed by atoms with E-state index >= 15 is 0 Å². The van der Waals surface area contributed by atoms with Crippen LogP contribution in [0.2, 0.25) is 10.0 Å². The molecule has 0 aliphatic carbocycles. The Balaban J connectivity index is 1.92. The molecule has 5 nitrogen and oxygen atoms in total. The van der Waals surface area contributed by atoms with Crippen molar-refractivity contribution in [1.82, 2.24) is 10.2 Å². The zero-order chi connectivity index (χ0) is 26.1. The number of hydrogen-bond donors (Lipinski definition) is 1. The smallest absolute Gasteiger partial charge is 0.261 e. The molecular weight excluding hydrogens is 495 g/mol. The van der Waals surface area contributed by atoms with Gasteiger partial charge in [0.1, 0.15) is 11.8 Å². The third-order valence-corrected chi connectivity index (χ3v) is 6.86. The molecule has 1 N–H and O–H groups in total. The zero-order valence-electron chi connectivity index (χ0n) is 20.8. The summed E-state index contributed by atoms with van der Waals surface area (Å²) in [6.45, 7) is 5.77. The summed E-state index contributed by atoms with van der Waals surface area (Å²) in [6, 6.07) is 21.5. The second-order valence-corrected chi connectivity index (χ2v) is 9.65. The summed E-state index contributed by atoms with van der Waals surface area (Å²) >= 11 is 12.6. The van der Waals surface area contributed by atoms with Crippen molar-refractivity contribution in [1.29, 1.82) is 0 Å². The minimum atomic E-state index is -0.749. The fraction of sp³-hybridized carbons (Fsp3) is 0.310. The summed E-state index contributed by atoms with van der Waals surface area (Å²) < 4.78 is 5.82. The van der Waals surface area contributed by atoms with Crippen molar-refractivity contribution in [3.8, 4) is 5.75 Å². The first-order valence-corrected chi connectivity index (χ1v) is 12.8. The van der Waals surface area contributed by atoms with E-state index in [2.05, 4.69) is 5.32 Å².